The van der Waals surface area contributed by atoms with Crippen molar-refractivity contribution in [1.29, 1.82) is 5.26 Å². The van der Waals surface area contributed by atoms with E-state index in [1.165, 1.54) is 12.8 Å². The topological polar surface area (TPSA) is 61.9 Å². The highest BCUT2D eigenvalue weighted by molar-refractivity contribution is 5.62. The minimum Gasteiger partial charge on any atom is -0.356 e. The van der Waals surface area contributed by atoms with Crippen molar-refractivity contribution in [1.82, 2.24) is 10.5 Å². The molecule has 18 heavy (non-hydrogen) atoms. The quantitative estimate of drug-likeness (QED) is 0.890. The second-order valence-corrected chi connectivity index (χ2v) is 4.53. The minimum atomic E-state index is 0.630. The smallest absolute Gasteiger partial charge is 0.171 e. The molecule has 1 aromatic carbocycles. The zero-order valence-corrected chi connectivity index (χ0v) is 9.89. The first kappa shape index (κ1) is 11.0. The molecule has 0 spiro atoms. The highest BCUT2D eigenvalue weighted by Crippen LogP contribution is 2.26. The lowest BCUT2D eigenvalue weighted by molar-refractivity contribution is 0.431. The number of hydrogen-bond donors (Lipinski definition) is 1. The molecule has 0 aliphatic heterocycles. The van der Waals surface area contributed by atoms with Gasteiger partial charge in [-0.15, -0.1) is 0 Å². The van der Waals surface area contributed by atoms with Crippen LogP contribution in [0.5, 0.6) is 0 Å². The SMILES string of the molecule is N#Cc1cccc(-c2oncc2CNC2CC2)c1. The van der Waals surface area contributed by atoms with Crippen molar-refractivity contribution in [2.45, 2.75) is 25.4 Å². The lowest BCUT2D eigenvalue weighted by Gasteiger charge is -2.03. The fourth-order valence-electron chi connectivity index (χ4n) is 1.90. The van der Waals surface area contributed by atoms with E-state index < -0.39 is 0 Å². The molecule has 0 bridgehead atoms. The van der Waals surface area contributed by atoms with Crippen LogP contribution in [0.2, 0.25) is 0 Å². The van der Waals surface area contributed by atoms with Gasteiger partial charge in [0, 0.05) is 23.7 Å². The zero-order valence-electron chi connectivity index (χ0n) is 9.89. The van der Waals surface area contributed by atoms with Crippen molar-refractivity contribution in [3.8, 4) is 17.4 Å². The lowest BCUT2D eigenvalue weighted by Crippen LogP contribution is -2.15. The Morgan fingerprint density at radius 3 is 3.11 bits per heavy atom. The van der Waals surface area contributed by atoms with E-state index in [0.717, 1.165) is 23.4 Å². The molecular formula is C14H13N3O. The van der Waals surface area contributed by atoms with Gasteiger partial charge in [-0.2, -0.15) is 5.26 Å². The van der Waals surface area contributed by atoms with Crippen LogP contribution in [0.25, 0.3) is 11.3 Å². The molecule has 1 heterocycles. The van der Waals surface area contributed by atoms with Crippen LogP contribution in [0.4, 0.5) is 0 Å². The first-order valence-corrected chi connectivity index (χ1v) is 6.04. The summed E-state index contributed by atoms with van der Waals surface area (Å²) in [6.07, 6.45) is 4.25. The molecule has 4 heteroatoms. The van der Waals surface area contributed by atoms with Gasteiger partial charge in [0.1, 0.15) is 0 Å². The largest absolute Gasteiger partial charge is 0.356 e. The standard InChI is InChI=1S/C14H13N3O/c15-7-10-2-1-3-11(6-10)14-12(9-17-18-14)8-16-13-4-5-13/h1-3,6,9,13,16H,4-5,8H2. The van der Waals surface area contributed by atoms with Gasteiger partial charge >= 0.3 is 0 Å². The molecule has 1 aliphatic rings. The van der Waals surface area contributed by atoms with E-state index in [-0.39, 0.29) is 0 Å². The van der Waals surface area contributed by atoms with Crippen LogP contribution < -0.4 is 5.32 Å². The van der Waals surface area contributed by atoms with Gasteiger partial charge in [-0.05, 0) is 25.0 Å². The Balaban J connectivity index is 1.85. The van der Waals surface area contributed by atoms with E-state index in [2.05, 4.69) is 16.5 Å². The third kappa shape index (κ3) is 2.27. The van der Waals surface area contributed by atoms with Crippen molar-refractivity contribution < 1.29 is 4.52 Å². The van der Waals surface area contributed by atoms with E-state index >= 15 is 0 Å². The molecule has 0 saturated heterocycles. The summed E-state index contributed by atoms with van der Waals surface area (Å²) in [6, 6.07) is 10.2. The number of hydrogen-bond acceptors (Lipinski definition) is 4. The van der Waals surface area contributed by atoms with Crippen LogP contribution in [0.3, 0.4) is 0 Å². The van der Waals surface area contributed by atoms with Crippen LogP contribution in [0.15, 0.2) is 35.0 Å². The molecule has 0 amide bonds. The summed E-state index contributed by atoms with van der Waals surface area (Å²) >= 11 is 0. The predicted octanol–water partition coefficient (Wildman–Crippen LogP) is 2.47. The second kappa shape index (κ2) is 4.63. The van der Waals surface area contributed by atoms with Crippen molar-refractivity contribution in [2.24, 2.45) is 0 Å². The monoisotopic (exact) mass is 239 g/mol. The Morgan fingerprint density at radius 1 is 1.44 bits per heavy atom. The van der Waals surface area contributed by atoms with E-state index in [9.17, 15) is 0 Å². The summed E-state index contributed by atoms with van der Waals surface area (Å²) in [5.41, 5.74) is 2.57. The highest BCUT2D eigenvalue weighted by Gasteiger charge is 2.21. The van der Waals surface area contributed by atoms with Gasteiger partial charge in [0.25, 0.3) is 0 Å². The second-order valence-electron chi connectivity index (χ2n) is 4.53. The van der Waals surface area contributed by atoms with Crippen molar-refractivity contribution in [3.63, 3.8) is 0 Å². The first-order valence-electron chi connectivity index (χ1n) is 6.04. The predicted molar refractivity (Wildman–Crippen MR) is 66.5 cm³/mol. The van der Waals surface area contributed by atoms with E-state index in [1.54, 1.807) is 12.3 Å². The number of nitrogens with one attached hydrogen (secondary N) is 1. The molecular weight excluding hydrogens is 226 g/mol. The van der Waals surface area contributed by atoms with Crippen molar-refractivity contribution in [2.75, 3.05) is 0 Å². The Hall–Kier alpha value is -2.12. The molecule has 1 aliphatic carbocycles. The van der Waals surface area contributed by atoms with E-state index in [0.29, 0.717) is 11.6 Å². The Labute approximate surface area is 105 Å². The van der Waals surface area contributed by atoms with Crippen LogP contribution in [0.1, 0.15) is 24.0 Å². The molecule has 4 nitrogen and oxygen atoms in total. The zero-order chi connectivity index (χ0) is 12.4. The normalized spacial score (nSPS) is 14.4. The number of nitriles is 1. The molecule has 1 aromatic heterocycles. The van der Waals surface area contributed by atoms with Gasteiger partial charge in [-0.3, -0.25) is 0 Å². The number of rotatable bonds is 4. The Morgan fingerprint density at radius 2 is 2.33 bits per heavy atom. The molecule has 2 aromatic rings. The summed E-state index contributed by atoms with van der Waals surface area (Å²) in [6.45, 7) is 0.764. The molecule has 1 N–H and O–H groups in total. The maximum Gasteiger partial charge on any atom is 0.171 e. The van der Waals surface area contributed by atoms with Gasteiger partial charge < -0.3 is 9.84 Å². The molecule has 1 saturated carbocycles. The number of aromatic nitrogens is 1. The maximum atomic E-state index is 8.90. The summed E-state index contributed by atoms with van der Waals surface area (Å²) in [5, 5.41) is 16.2. The van der Waals surface area contributed by atoms with Crippen LogP contribution in [0, 0.1) is 11.3 Å². The average molecular weight is 239 g/mol. The average Bonchev–Trinajstić information content (AvgIpc) is 3.13. The summed E-state index contributed by atoms with van der Waals surface area (Å²) < 4.78 is 5.30. The van der Waals surface area contributed by atoms with Crippen LogP contribution in [-0.2, 0) is 6.54 Å². The molecule has 0 radical (unpaired) electrons. The van der Waals surface area contributed by atoms with Gasteiger partial charge in [0.15, 0.2) is 5.76 Å². The maximum absolute atomic E-state index is 8.90. The lowest BCUT2D eigenvalue weighted by atomic mass is 10.1. The fraction of sp³-hybridized carbons (Fsp3) is 0.286. The minimum absolute atomic E-state index is 0.630. The molecule has 0 atom stereocenters. The van der Waals surface area contributed by atoms with Crippen molar-refractivity contribution in [3.05, 3.63) is 41.6 Å². The highest BCUT2D eigenvalue weighted by atomic mass is 16.5. The molecule has 90 valence electrons. The Bertz CT molecular complexity index is 593. The van der Waals surface area contributed by atoms with Gasteiger partial charge in [-0.1, -0.05) is 17.3 Å². The Kier molecular flexibility index (Phi) is 2.83. The van der Waals surface area contributed by atoms with E-state index in [1.807, 2.05) is 18.2 Å². The molecule has 1 fully saturated rings. The van der Waals surface area contributed by atoms with Gasteiger partial charge in [-0.25, -0.2) is 0 Å². The first-order chi connectivity index (χ1) is 8.86. The van der Waals surface area contributed by atoms with Gasteiger partial charge in [0.2, 0.25) is 0 Å². The molecule has 3 rings (SSSR count). The molecule has 0 unspecified atom stereocenters. The fourth-order valence-corrected chi connectivity index (χ4v) is 1.90. The third-order valence-electron chi connectivity index (χ3n) is 3.06. The van der Waals surface area contributed by atoms with Crippen LogP contribution >= 0.6 is 0 Å². The van der Waals surface area contributed by atoms with Gasteiger partial charge in [0.05, 0.1) is 17.8 Å². The summed E-state index contributed by atoms with van der Waals surface area (Å²) in [5.74, 6) is 0.750. The third-order valence-corrected chi connectivity index (χ3v) is 3.06. The number of benzene rings is 1. The van der Waals surface area contributed by atoms with E-state index in [4.69, 9.17) is 9.78 Å². The van der Waals surface area contributed by atoms with Crippen molar-refractivity contribution >= 4 is 0 Å². The number of nitrogens with zero attached hydrogens (tertiary/aromatic N) is 2. The summed E-state index contributed by atoms with van der Waals surface area (Å²) in [4.78, 5) is 0. The van der Waals surface area contributed by atoms with Crippen LogP contribution in [-0.4, -0.2) is 11.2 Å². The summed E-state index contributed by atoms with van der Waals surface area (Å²) in [7, 11) is 0.